The molecule has 1 amide bonds. The molecule has 1 aliphatic rings. The van der Waals surface area contributed by atoms with E-state index in [1.165, 1.54) is 12.8 Å². The van der Waals surface area contributed by atoms with E-state index in [0.29, 0.717) is 28.1 Å². The minimum Gasteiger partial charge on any atom is -0.481 e. The summed E-state index contributed by atoms with van der Waals surface area (Å²) in [6, 6.07) is 7.05. The fourth-order valence-corrected chi connectivity index (χ4v) is 2.64. The Morgan fingerprint density at radius 2 is 2.32 bits per heavy atom. The van der Waals surface area contributed by atoms with E-state index in [0.717, 1.165) is 0 Å². The molecule has 2 rings (SSSR count). The van der Waals surface area contributed by atoms with Crippen molar-refractivity contribution < 1.29 is 9.53 Å². The van der Waals surface area contributed by atoms with E-state index in [2.05, 4.69) is 21.2 Å². The molecule has 19 heavy (non-hydrogen) atoms. The Bertz CT molecular complexity index is 451. The molecular formula is C14H17BrClNO2. The summed E-state index contributed by atoms with van der Waals surface area (Å²) in [7, 11) is 0. The molecular weight excluding hydrogens is 330 g/mol. The van der Waals surface area contributed by atoms with Gasteiger partial charge in [0.25, 0.3) is 5.91 Å². The third-order valence-electron chi connectivity index (χ3n) is 3.08. The minimum atomic E-state index is -0.530. The van der Waals surface area contributed by atoms with Crippen LogP contribution in [0.15, 0.2) is 24.3 Å². The Labute approximate surface area is 126 Å². The van der Waals surface area contributed by atoms with Gasteiger partial charge >= 0.3 is 0 Å². The van der Waals surface area contributed by atoms with E-state index < -0.39 is 6.10 Å². The second-order valence-corrected chi connectivity index (χ2v) is 6.43. The fraction of sp³-hybridized carbons (Fsp3) is 0.500. The van der Waals surface area contributed by atoms with E-state index in [4.69, 9.17) is 16.3 Å². The first kappa shape index (κ1) is 14.7. The molecule has 0 saturated heterocycles. The smallest absolute Gasteiger partial charge is 0.260 e. The maximum atomic E-state index is 11.9. The Balaban J connectivity index is 1.78. The number of hydrogen-bond donors (Lipinski definition) is 1. The third-order valence-corrected chi connectivity index (χ3v) is 4.39. The topological polar surface area (TPSA) is 38.3 Å². The average Bonchev–Trinajstić information content (AvgIpc) is 3.19. The SMILES string of the molecule is CC(Oc1cccc(Cl)c1)C(=O)NCC(Br)C1CC1. The van der Waals surface area contributed by atoms with Gasteiger partial charge in [-0.15, -0.1) is 0 Å². The van der Waals surface area contributed by atoms with Gasteiger partial charge in [-0.3, -0.25) is 4.79 Å². The second-order valence-electron chi connectivity index (χ2n) is 4.82. The molecule has 2 unspecified atom stereocenters. The number of carbonyl (C=O) groups excluding carboxylic acids is 1. The van der Waals surface area contributed by atoms with E-state index >= 15 is 0 Å². The van der Waals surface area contributed by atoms with Gasteiger partial charge in [-0.1, -0.05) is 33.6 Å². The normalized spacial score (nSPS) is 17.6. The Morgan fingerprint density at radius 3 is 2.95 bits per heavy atom. The molecule has 1 aromatic carbocycles. The van der Waals surface area contributed by atoms with Crippen molar-refractivity contribution >= 4 is 33.4 Å². The number of carbonyl (C=O) groups is 1. The number of amides is 1. The highest BCUT2D eigenvalue weighted by Crippen LogP contribution is 2.36. The molecule has 1 saturated carbocycles. The summed E-state index contributed by atoms with van der Waals surface area (Å²) in [6.07, 6.45) is 1.97. The van der Waals surface area contributed by atoms with Gasteiger partial charge in [0.1, 0.15) is 5.75 Å². The molecule has 0 aromatic heterocycles. The predicted molar refractivity (Wildman–Crippen MR) is 80.0 cm³/mol. The van der Waals surface area contributed by atoms with Crippen molar-refractivity contribution in [2.75, 3.05) is 6.54 Å². The van der Waals surface area contributed by atoms with Crippen LogP contribution in [0.5, 0.6) is 5.75 Å². The maximum Gasteiger partial charge on any atom is 0.260 e. The summed E-state index contributed by atoms with van der Waals surface area (Å²) in [5, 5.41) is 3.49. The summed E-state index contributed by atoms with van der Waals surface area (Å²) in [6.45, 7) is 2.38. The predicted octanol–water partition coefficient (Wildman–Crippen LogP) is 3.40. The van der Waals surface area contributed by atoms with Crippen LogP contribution in [0.2, 0.25) is 5.02 Å². The zero-order chi connectivity index (χ0) is 13.8. The van der Waals surface area contributed by atoms with Crippen molar-refractivity contribution in [3.05, 3.63) is 29.3 Å². The standard InChI is InChI=1S/C14H17BrClNO2/c1-9(19-12-4-2-3-11(16)7-12)14(18)17-8-13(15)10-5-6-10/h2-4,7,9-10,13H,5-6,8H2,1H3,(H,17,18). The van der Waals surface area contributed by atoms with Crippen molar-refractivity contribution in [2.45, 2.75) is 30.7 Å². The highest BCUT2D eigenvalue weighted by atomic mass is 79.9. The molecule has 0 heterocycles. The number of nitrogens with one attached hydrogen (secondary N) is 1. The Kier molecular flexibility index (Phi) is 5.11. The summed E-state index contributed by atoms with van der Waals surface area (Å²) in [5.41, 5.74) is 0. The number of ether oxygens (including phenoxy) is 1. The van der Waals surface area contributed by atoms with Gasteiger partial charge in [0.15, 0.2) is 6.10 Å². The molecule has 1 aliphatic carbocycles. The number of alkyl halides is 1. The average molecular weight is 347 g/mol. The summed E-state index contributed by atoms with van der Waals surface area (Å²) >= 11 is 9.45. The number of halogens is 2. The van der Waals surface area contributed by atoms with Gasteiger partial charge in [0, 0.05) is 16.4 Å². The Morgan fingerprint density at radius 1 is 1.58 bits per heavy atom. The van der Waals surface area contributed by atoms with Gasteiger partial charge in [0.2, 0.25) is 0 Å². The zero-order valence-electron chi connectivity index (χ0n) is 10.7. The molecule has 0 bridgehead atoms. The van der Waals surface area contributed by atoms with Crippen LogP contribution in [-0.4, -0.2) is 23.4 Å². The number of hydrogen-bond acceptors (Lipinski definition) is 2. The lowest BCUT2D eigenvalue weighted by molar-refractivity contribution is -0.127. The quantitative estimate of drug-likeness (QED) is 0.802. The number of benzene rings is 1. The molecule has 3 nitrogen and oxygen atoms in total. The lowest BCUT2D eigenvalue weighted by atomic mass is 10.3. The zero-order valence-corrected chi connectivity index (χ0v) is 13.1. The van der Waals surface area contributed by atoms with Gasteiger partial charge in [0.05, 0.1) is 0 Å². The molecule has 104 valence electrons. The monoisotopic (exact) mass is 345 g/mol. The van der Waals surface area contributed by atoms with Crippen LogP contribution in [0, 0.1) is 5.92 Å². The first-order chi connectivity index (χ1) is 9.06. The first-order valence-electron chi connectivity index (χ1n) is 6.40. The first-order valence-corrected chi connectivity index (χ1v) is 7.69. The van der Waals surface area contributed by atoms with Gasteiger partial charge in [-0.25, -0.2) is 0 Å². The summed E-state index contributed by atoms with van der Waals surface area (Å²) < 4.78 is 5.55. The van der Waals surface area contributed by atoms with Crippen molar-refractivity contribution in [1.29, 1.82) is 0 Å². The van der Waals surface area contributed by atoms with E-state index in [9.17, 15) is 4.79 Å². The highest BCUT2D eigenvalue weighted by molar-refractivity contribution is 9.09. The molecule has 1 aromatic rings. The molecule has 0 spiro atoms. The van der Waals surface area contributed by atoms with Crippen LogP contribution in [0.4, 0.5) is 0 Å². The van der Waals surface area contributed by atoms with Crippen LogP contribution in [0.1, 0.15) is 19.8 Å². The van der Waals surface area contributed by atoms with Gasteiger partial charge in [-0.2, -0.15) is 0 Å². The van der Waals surface area contributed by atoms with Crippen molar-refractivity contribution in [3.8, 4) is 5.75 Å². The Hall–Kier alpha value is -0.740. The van der Waals surface area contributed by atoms with Crippen LogP contribution in [0.25, 0.3) is 0 Å². The van der Waals surface area contributed by atoms with Crippen LogP contribution >= 0.6 is 27.5 Å². The molecule has 0 radical (unpaired) electrons. The molecule has 2 atom stereocenters. The van der Waals surface area contributed by atoms with Crippen molar-refractivity contribution in [3.63, 3.8) is 0 Å². The van der Waals surface area contributed by atoms with Crippen molar-refractivity contribution in [2.24, 2.45) is 5.92 Å². The lowest BCUT2D eigenvalue weighted by Crippen LogP contribution is -2.39. The van der Waals surface area contributed by atoms with Crippen LogP contribution in [0.3, 0.4) is 0 Å². The van der Waals surface area contributed by atoms with E-state index in [1.807, 2.05) is 0 Å². The number of rotatable bonds is 6. The fourth-order valence-electron chi connectivity index (χ4n) is 1.76. The second kappa shape index (κ2) is 6.62. The maximum absolute atomic E-state index is 11.9. The largest absolute Gasteiger partial charge is 0.481 e. The molecule has 0 aliphatic heterocycles. The molecule has 1 fully saturated rings. The van der Waals surface area contributed by atoms with Crippen LogP contribution in [-0.2, 0) is 4.79 Å². The summed E-state index contributed by atoms with van der Waals surface area (Å²) in [4.78, 5) is 12.3. The third kappa shape index (κ3) is 4.69. The van der Waals surface area contributed by atoms with E-state index in [1.54, 1.807) is 31.2 Å². The molecule has 5 heteroatoms. The minimum absolute atomic E-state index is 0.106. The van der Waals surface area contributed by atoms with Crippen molar-refractivity contribution in [1.82, 2.24) is 5.32 Å². The van der Waals surface area contributed by atoms with E-state index in [-0.39, 0.29) is 5.91 Å². The van der Waals surface area contributed by atoms with Gasteiger partial charge < -0.3 is 10.1 Å². The van der Waals surface area contributed by atoms with Crippen LogP contribution < -0.4 is 10.1 Å². The van der Waals surface area contributed by atoms with Gasteiger partial charge in [-0.05, 0) is 43.9 Å². The highest BCUT2D eigenvalue weighted by Gasteiger charge is 2.29. The lowest BCUT2D eigenvalue weighted by Gasteiger charge is -2.16. The summed E-state index contributed by atoms with van der Waals surface area (Å²) in [5.74, 6) is 1.21. The molecule has 1 N–H and O–H groups in total.